The zero-order valence-electron chi connectivity index (χ0n) is 18.5. The van der Waals surface area contributed by atoms with Gasteiger partial charge in [0, 0.05) is 36.2 Å². The number of benzene rings is 2. The van der Waals surface area contributed by atoms with Crippen LogP contribution >= 0.6 is 11.8 Å². The van der Waals surface area contributed by atoms with Crippen LogP contribution in [-0.4, -0.2) is 33.2 Å². The van der Waals surface area contributed by atoms with Crippen molar-refractivity contribution in [3.8, 4) is 17.1 Å². The Bertz CT molecular complexity index is 1180. The van der Waals surface area contributed by atoms with Gasteiger partial charge in [-0.15, -0.1) is 5.10 Å². The van der Waals surface area contributed by atoms with E-state index in [1.165, 1.54) is 17.3 Å². The summed E-state index contributed by atoms with van der Waals surface area (Å²) in [5, 5.41) is 10.8. The van der Waals surface area contributed by atoms with E-state index in [0.717, 1.165) is 22.4 Å². The molecule has 2 aromatic heterocycles. The summed E-state index contributed by atoms with van der Waals surface area (Å²) in [6.45, 7) is 2.49. The fraction of sp³-hybridized carbons (Fsp3) is 0.200. The molecule has 2 aromatic carbocycles. The van der Waals surface area contributed by atoms with Gasteiger partial charge >= 0.3 is 0 Å². The molecule has 0 aliphatic rings. The third-order valence-electron chi connectivity index (χ3n) is 5.11. The van der Waals surface area contributed by atoms with Crippen LogP contribution in [0, 0.1) is 6.92 Å². The summed E-state index contributed by atoms with van der Waals surface area (Å²) in [5.74, 6) is 1.41. The smallest absolute Gasteiger partial charge is 0.221 e. The molecule has 0 radical (unpaired) electrons. The fourth-order valence-corrected chi connectivity index (χ4v) is 4.28. The van der Waals surface area contributed by atoms with Gasteiger partial charge in [-0.3, -0.25) is 14.9 Å². The predicted molar refractivity (Wildman–Crippen MR) is 129 cm³/mol. The van der Waals surface area contributed by atoms with Gasteiger partial charge in [0.2, 0.25) is 11.1 Å². The molecular weight excluding hydrogens is 434 g/mol. The minimum atomic E-state index is -0.126. The number of nitrogens with zero attached hydrogens (tertiary/aromatic N) is 3. The predicted octanol–water partition coefficient (Wildman–Crippen LogP) is 4.72. The van der Waals surface area contributed by atoms with E-state index >= 15 is 0 Å². The molecule has 1 unspecified atom stereocenters. The number of rotatable bonds is 9. The summed E-state index contributed by atoms with van der Waals surface area (Å²) in [6.07, 6.45) is 3.77. The summed E-state index contributed by atoms with van der Waals surface area (Å²) in [7, 11) is 1.64. The zero-order valence-corrected chi connectivity index (χ0v) is 19.3. The standard InChI is InChI=1S/C25H25N5O2S/c1-17-5-7-19(8-6-17)22(14-23(31)27-16-18-4-3-13-26-15-18)33-25-28-24(29-30-25)20-9-11-21(32-2)12-10-20/h3-13,15,22H,14,16H2,1-2H3,(H,27,31)(H,28,29,30). The van der Waals surface area contributed by atoms with Crippen LogP contribution in [0.5, 0.6) is 5.75 Å². The number of hydrogen-bond acceptors (Lipinski definition) is 6. The number of carbonyl (C=O) groups is 1. The molecule has 2 heterocycles. The Morgan fingerprint density at radius 1 is 1.12 bits per heavy atom. The van der Waals surface area contributed by atoms with Crippen LogP contribution < -0.4 is 10.1 Å². The number of amides is 1. The Labute approximate surface area is 197 Å². The molecule has 7 nitrogen and oxygen atoms in total. The molecule has 0 bridgehead atoms. The van der Waals surface area contributed by atoms with Crippen LogP contribution in [0.15, 0.2) is 78.2 Å². The van der Waals surface area contributed by atoms with Crippen molar-refractivity contribution in [1.29, 1.82) is 0 Å². The number of pyridine rings is 1. The van der Waals surface area contributed by atoms with Gasteiger partial charge in [0.25, 0.3) is 0 Å². The molecule has 4 rings (SSSR count). The number of thioether (sulfide) groups is 1. The number of carbonyl (C=O) groups excluding carboxylic acids is 1. The highest BCUT2D eigenvalue weighted by Crippen LogP contribution is 2.37. The molecule has 4 aromatic rings. The van der Waals surface area contributed by atoms with Crippen molar-refractivity contribution < 1.29 is 9.53 Å². The second kappa shape index (κ2) is 10.8. The van der Waals surface area contributed by atoms with Gasteiger partial charge < -0.3 is 10.1 Å². The van der Waals surface area contributed by atoms with E-state index in [-0.39, 0.29) is 11.2 Å². The van der Waals surface area contributed by atoms with Crippen molar-refractivity contribution in [2.75, 3.05) is 7.11 Å². The minimum absolute atomic E-state index is 0.0390. The Hall–Kier alpha value is -3.65. The normalized spacial score (nSPS) is 11.7. The molecule has 0 saturated carbocycles. The highest BCUT2D eigenvalue weighted by molar-refractivity contribution is 7.99. The molecule has 1 amide bonds. The second-order valence-electron chi connectivity index (χ2n) is 7.55. The van der Waals surface area contributed by atoms with Crippen molar-refractivity contribution in [3.63, 3.8) is 0 Å². The largest absolute Gasteiger partial charge is 0.497 e. The van der Waals surface area contributed by atoms with Gasteiger partial charge in [0.15, 0.2) is 5.82 Å². The van der Waals surface area contributed by atoms with Gasteiger partial charge in [-0.05, 0) is 48.4 Å². The van der Waals surface area contributed by atoms with E-state index in [9.17, 15) is 4.79 Å². The van der Waals surface area contributed by atoms with Gasteiger partial charge in [0.1, 0.15) is 5.75 Å². The Morgan fingerprint density at radius 2 is 1.91 bits per heavy atom. The lowest BCUT2D eigenvalue weighted by molar-refractivity contribution is -0.121. The van der Waals surface area contributed by atoms with Crippen molar-refractivity contribution in [2.24, 2.45) is 0 Å². The first kappa shape index (κ1) is 22.5. The summed E-state index contributed by atoms with van der Waals surface area (Å²) >= 11 is 1.47. The maximum absolute atomic E-state index is 12.7. The van der Waals surface area contributed by atoms with E-state index in [2.05, 4.69) is 49.7 Å². The molecule has 0 fully saturated rings. The number of aryl methyl sites for hydroxylation is 1. The van der Waals surface area contributed by atoms with Crippen molar-refractivity contribution in [2.45, 2.75) is 30.3 Å². The third-order valence-corrected chi connectivity index (χ3v) is 6.23. The summed E-state index contributed by atoms with van der Waals surface area (Å²) < 4.78 is 5.21. The van der Waals surface area contributed by atoms with E-state index in [1.54, 1.807) is 19.5 Å². The van der Waals surface area contributed by atoms with Crippen LogP contribution in [0.3, 0.4) is 0 Å². The molecule has 168 valence electrons. The Kier molecular flexibility index (Phi) is 7.36. The first-order chi connectivity index (χ1) is 16.1. The first-order valence-corrected chi connectivity index (χ1v) is 11.4. The highest BCUT2D eigenvalue weighted by Gasteiger charge is 2.20. The number of methoxy groups -OCH3 is 1. The van der Waals surface area contributed by atoms with Crippen molar-refractivity contribution in [1.82, 2.24) is 25.5 Å². The lowest BCUT2D eigenvalue weighted by Crippen LogP contribution is -2.24. The third kappa shape index (κ3) is 6.20. The summed E-state index contributed by atoms with van der Waals surface area (Å²) in [6, 6.07) is 19.6. The molecule has 2 N–H and O–H groups in total. The minimum Gasteiger partial charge on any atom is -0.497 e. The number of aromatic amines is 1. The van der Waals surface area contributed by atoms with Crippen LogP contribution in [0.1, 0.15) is 28.4 Å². The van der Waals surface area contributed by atoms with E-state index in [1.807, 2.05) is 43.3 Å². The molecule has 8 heteroatoms. The van der Waals surface area contributed by atoms with Crippen molar-refractivity contribution >= 4 is 17.7 Å². The maximum Gasteiger partial charge on any atom is 0.221 e. The van der Waals surface area contributed by atoms with Crippen LogP contribution in [0.2, 0.25) is 0 Å². The summed E-state index contributed by atoms with van der Waals surface area (Å²) in [4.78, 5) is 21.5. The SMILES string of the molecule is COc1ccc(-c2nc(SC(CC(=O)NCc3cccnc3)c3ccc(C)cc3)n[nH]2)cc1. The molecule has 0 aliphatic heterocycles. The first-order valence-electron chi connectivity index (χ1n) is 10.6. The average Bonchev–Trinajstić information content (AvgIpc) is 3.32. The Balaban J connectivity index is 1.47. The highest BCUT2D eigenvalue weighted by atomic mass is 32.2. The zero-order chi connectivity index (χ0) is 23.0. The number of hydrogen-bond donors (Lipinski definition) is 2. The van der Waals surface area contributed by atoms with E-state index in [4.69, 9.17) is 4.74 Å². The van der Waals surface area contributed by atoms with Gasteiger partial charge in [-0.1, -0.05) is 47.7 Å². The molecule has 0 spiro atoms. The number of nitrogens with one attached hydrogen (secondary N) is 2. The van der Waals surface area contributed by atoms with Crippen LogP contribution in [0.25, 0.3) is 11.4 Å². The average molecular weight is 460 g/mol. The van der Waals surface area contributed by atoms with Gasteiger partial charge in [0.05, 0.1) is 7.11 Å². The summed E-state index contributed by atoms with van der Waals surface area (Å²) in [5.41, 5.74) is 4.10. The lowest BCUT2D eigenvalue weighted by Gasteiger charge is -2.15. The van der Waals surface area contributed by atoms with E-state index in [0.29, 0.717) is 23.9 Å². The number of aromatic nitrogens is 4. The quantitative estimate of drug-likeness (QED) is 0.352. The molecule has 0 saturated heterocycles. The Morgan fingerprint density at radius 3 is 2.61 bits per heavy atom. The molecular formula is C25H25N5O2S. The number of ether oxygens (including phenoxy) is 1. The van der Waals surface area contributed by atoms with Crippen LogP contribution in [0.4, 0.5) is 0 Å². The van der Waals surface area contributed by atoms with Gasteiger partial charge in [-0.25, -0.2) is 4.98 Å². The van der Waals surface area contributed by atoms with Gasteiger partial charge in [-0.2, -0.15) is 0 Å². The maximum atomic E-state index is 12.7. The second-order valence-corrected chi connectivity index (χ2v) is 8.72. The van der Waals surface area contributed by atoms with Crippen molar-refractivity contribution in [3.05, 3.63) is 89.7 Å². The van der Waals surface area contributed by atoms with Crippen LogP contribution in [-0.2, 0) is 11.3 Å². The number of H-pyrrole nitrogens is 1. The topological polar surface area (TPSA) is 92.8 Å². The molecule has 1 atom stereocenters. The molecule has 0 aliphatic carbocycles. The monoisotopic (exact) mass is 459 g/mol. The van der Waals surface area contributed by atoms with E-state index < -0.39 is 0 Å². The fourth-order valence-electron chi connectivity index (χ4n) is 3.26. The lowest BCUT2D eigenvalue weighted by atomic mass is 10.1. The molecule has 33 heavy (non-hydrogen) atoms.